The first kappa shape index (κ1) is 22.8. The van der Waals surface area contributed by atoms with Gasteiger partial charge in [0.1, 0.15) is 5.75 Å². The number of aryl methyl sites for hydroxylation is 1. The van der Waals surface area contributed by atoms with Crippen LogP contribution in [-0.2, 0) is 0 Å². The highest BCUT2D eigenvalue weighted by molar-refractivity contribution is 5.91. The van der Waals surface area contributed by atoms with Crippen LogP contribution in [0.5, 0.6) is 5.75 Å². The van der Waals surface area contributed by atoms with E-state index in [-0.39, 0.29) is 0 Å². The van der Waals surface area contributed by atoms with Gasteiger partial charge in [0.25, 0.3) is 0 Å². The number of fused-ring (bicyclic) bond motifs is 1. The average Bonchev–Trinajstić information content (AvgIpc) is 2.84. The minimum atomic E-state index is -0.472. The number of nitrogens with zero attached hydrogens (tertiary/aromatic N) is 1. The molecule has 0 fully saturated rings. The number of carbonyl (C=O) groups excluding carboxylic acids is 1. The van der Waals surface area contributed by atoms with E-state index >= 15 is 0 Å². The number of nitrogens with one attached hydrogen (secondary N) is 2. The van der Waals surface area contributed by atoms with Gasteiger partial charge < -0.3 is 15.4 Å². The molecule has 2 N–H and O–H groups in total. The van der Waals surface area contributed by atoms with Crippen molar-refractivity contribution < 1.29 is 9.53 Å². The maximum atomic E-state index is 12.1. The molecule has 0 spiro atoms. The molecule has 0 saturated heterocycles. The number of ether oxygens (including phenoxy) is 1. The van der Waals surface area contributed by atoms with Crippen LogP contribution in [0.4, 0.5) is 10.5 Å². The summed E-state index contributed by atoms with van der Waals surface area (Å²) in [6.45, 7) is 6.99. The lowest BCUT2D eigenvalue weighted by Gasteiger charge is -2.11. The number of hydrogen-bond acceptors (Lipinski definition) is 4. The first-order valence-corrected chi connectivity index (χ1v) is 10.9. The van der Waals surface area contributed by atoms with Crippen molar-refractivity contribution in [2.24, 2.45) is 0 Å². The van der Waals surface area contributed by atoms with Crippen molar-refractivity contribution in [3.05, 3.63) is 90.6 Å². The highest BCUT2D eigenvalue weighted by Crippen LogP contribution is 2.23. The number of benzene rings is 3. The van der Waals surface area contributed by atoms with E-state index in [1.165, 1.54) is 0 Å². The fourth-order valence-corrected chi connectivity index (χ4v) is 3.30. The summed E-state index contributed by atoms with van der Waals surface area (Å²) >= 11 is 0. The van der Waals surface area contributed by atoms with Crippen LogP contribution in [0.15, 0.2) is 84.9 Å². The molecule has 0 aliphatic rings. The smallest absolute Gasteiger partial charge is 0.410 e. The van der Waals surface area contributed by atoms with Gasteiger partial charge in [-0.15, -0.1) is 0 Å². The van der Waals surface area contributed by atoms with Gasteiger partial charge in [0.15, 0.2) is 0 Å². The third kappa shape index (κ3) is 6.08. The van der Waals surface area contributed by atoms with Crippen molar-refractivity contribution in [3.8, 4) is 16.9 Å². The lowest BCUT2D eigenvalue weighted by molar-refractivity contribution is 0.201. The molecule has 0 bridgehead atoms. The summed E-state index contributed by atoms with van der Waals surface area (Å²) in [5.74, 6) is 0.510. The second-order valence-electron chi connectivity index (χ2n) is 6.96. The number of pyridine rings is 1. The minimum Gasteiger partial charge on any atom is -0.410 e. The summed E-state index contributed by atoms with van der Waals surface area (Å²) in [5, 5.41) is 7.19. The molecule has 0 radical (unpaired) electrons. The Hall–Kier alpha value is -3.86. The van der Waals surface area contributed by atoms with Gasteiger partial charge in [-0.25, -0.2) is 4.79 Å². The summed E-state index contributed by atoms with van der Waals surface area (Å²) < 4.78 is 5.36. The van der Waals surface area contributed by atoms with Gasteiger partial charge in [0, 0.05) is 29.9 Å². The molecule has 4 rings (SSSR count). The van der Waals surface area contributed by atoms with Gasteiger partial charge in [0.05, 0.1) is 5.52 Å². The third-order valence-corrected chi connectivity index (χ3v) is 4.73. The summed E-state index contributed by atoms with van der Waals surface area (Å²) in [5.41, 5.74) is 5.10. The number of aromatic nitrogens is 1. The van der Waals surface area contributed by atoms with Crippen LogP contribution >= 0.6 is 0 Å². The Labute approximate surface area is 189 Å². The van der Waals surface area contributed by atoms with Crippen molar-refractivity contribution in [3.63, 3.8) is 0 Å². The molecular weight excluding hydrogens is 398 g/mol. The summed E-state index contributed by atoms with van der Waals surface area (Å²) in [6.07, 6.45) is -0.472. The molecule has 3 aromatic carbocycles. The van der Waals surface area contributed by atoms with E-state index in [4.69, 9.17) is 4.74 Å². The third-order valence-electron chi connectivity index (χ3n) is 4.73. The normalized spacial score (nSPS) is 10.1. The molecule has 0 aliphatic carbocycles. The maximum Gasteiger partial charge on any atom is 0.412 e. The lowest BCUT2D eigenvalue weighted by atomic mass is 10.1. The Bertz CT molecular complexity index is 1140. The summed E-state index contributed by atoms with van der Waals surface area (Å²) in [4.78, 5) is 16.6. The van der Waals surface area contributed by atoms with Gasteiger partial charge in [0.2, 0.25) is 0 Å². The van der Waals surface area contributed by atoms with Gasteiger partial charge in [-0.2, -0.15) is 0 Å². The van der Waals surface area contributed by atoms with E-state index in [9.17, 15) is 4.79 Å². The Morgan fingerprint density at radius 3 is 2.25 bits per heavy atom. The van der Waals surface area contributed by atoms with Crippen molar-refractivity contribution in [1.82, 2.24) is 10.3 Å². The van der Waals surface area contributed by atoms with Crippen LogP contribution in [0.2, 0.25) is 0 Å². The second-order valence-corrected chi connectivity index (χ2v) is 6.96. The summed E-state index contributed by atoms with van der Waals surface area (Å²) in [6, 6.07) is 27.5. The fourth-order valence-electron chi connectivity index (χ4n) is 3.30. The van der Waals surface area contributed by atoms with Gasteiger partial charge in [-0.1, -0.05) is 74.5 Å². The zero-order valence-corrected chi connectivity index (χ0v) is 18.8. The zero-order chi connectivity index (χ0) is 22.8. The summed E-state index contributed by atoms with van der Waals surface area (Å²) in [7, 11) is 0. The van der Waals surface area contributed by atoms with Gasteiger partial charge in [-0.3, -0.25) is 4.98 Å². The predicted molar refractivity (Wildman–Crippen MR) is 132 cm³/mol. The predicted octanol–water partition coefficient (Wildman–Crippen LogP) is 6.44. The van der Waals surface area contributed by atoms with Crippen LogP contribution < -0.4 is 15.4 Å². The molecule has 0 atom stereocenters. The van der Waals surface area contributed by atoms with Crippen LogP contribution in [0, 0.1) is 6.92 Å². The first-order valence-electron chi connectivity index (χ1n) is 10.9. The van der Waals surface area contributed by atoms with Crippen molar-refractivity contribution in [2.75, 3.05) is 18.4 Å². The SMILES string of the molecule is CC.Cc1cc(NCCNC(=O)Oc2ccc(-c3ccccc3)cc2)c2ccccc2n1. The number of para-hydroxylation sites is 1. The van der Waals surface area contributed by atoms with Crippen molar-refractivity contribution >= 4 is 22.7 Å². The molecule has 0 aliphatic heterocycles. The fraction of sp³-hybridized carbons (Fsp3) is 0.185. The largest absolute Gasteiger partial charge is 0.412 e. The highest BCUT2D eigenvalue weighted by atomic mass is 16.6. The lowest BCUT2D eigenvalue weighted by Crippen LogP contribution is -2.31. The highest BCUT2D eigenvalue weighted by Gasteiger charge is 2.06. The quantitative estimate of drug-likeness (QED) is 0.348. The molecule has 32 heavy (non-hydrogen) atoms. The van der Waals surface area contributed by atoms with E-state index in [1.807, 2.05) is 93.6 Å². The number of carbonyl (C=O) groups is 1. The Balaban J connectivity index is 0.00000141. The Morgan fingerprint density at radius 1 is 0.844 bits per heavy atom. The van der Waals surface area contributed by atoms with E-state index in [0.29, 0.717) is 18.8 Å². The maximum absolute atomic E-state index is 12.1. The second kappa shape index (κ2) is 11.5. The molecule has 5 nitrogen and oxygen atoms in total. The molecule has 0 unspecified atom stereocenters. The molecule has 164 valence electrons. The zero-order valence-electron chi connectivity index (χ0n) is 18.8. The van der Waals surface area contributed by atoms with Gasteiger partial charge >= 0.3 is 6.09 Å². The molecule has 1 amide bonds. The number of hydrogen-bond donors (Lipinski definition) is 2. The number of anilines is 1. The molecule has 4 aromatic rings. The molecule has 1 heterocycles. The Morgan fingerprint density at radius 2 is 1.50 bits per heavy atom. The molecule has 0 saturated carbocycles. The van der Waals surface area contributed by atoms with Crippen LogP contribution in [-0.4, -0.2) is 24.2 Å². The number of amides is 1. The molecule has 5 heteroatoms. The first-order chi connectivity index (χ1) is 15.7. The van der Waals surface area contributed by atoms with Crippen LogP contribution in [0.25, 0.3) is 22.0 Å². The van der Waals surface area contributed by atoms with E-state index in [2.05, 4.69) is 15.6 Å². The van der Waals surface area contributed by atoms with E-state index in [0.717, 1.165) is 33.4 Å². The van der Waals surface area contributed by atoms with Crippen LogP contribution in [0.1, 0.15) is 19.5 Å². The van der Waals surface area contributed by atoms with Crippen LogP contribution in [0.3, 0.4) is 0 Å². The van der Waals surface area contributed by atoms with E-state index in [1.54, 1.807) is 12.1 Å². The van der Waals surface area contributed by atoms with Crippen molar-refractivity contribution in [2.45, 2.75) is 20.8 Å². The van der Waals surface area contributed by atoms with Gasteiger partial charge in [-0.05, 0) is 42.3 Å². The topological polar surface area (TPSA) is 63.2 Å². The standard InChI is InChI=1S/C25H23N3O2.C2H6/c1-18-17-24(22-9-5-6-10-23(22)28-18)26-15-16-27-25(29)30-21-13-11-20(12-14-21)19-7-3-2-4-8-19;1-2/h2-14,17H,15-16H2,1H3,(H,26,28)(H,27,29);1-2H3. The Kier molecular flexibility index (Phi) is 8.21. The van der Waals surface area contributed by atoms with Crippen molar-refractivity contribution in [1.29, 1.82) is 0 Å². The average molecular weight is 428 g/mol. The molecular formula is C27H29N3O2. The molecule has 1 aromatic heterocycles. The van der Waals surface area contributed by atoms with E-state index < -0.39 is 6.09 Å². The minimum absolute atomic E-state index is 0.441. The number of rotatable bonds is 6. The monoisotopic (exact) mass is 427 g/mol.